The molecule has 1 saturated heterocycles. The maximum Gasteiger partial charge on any atom is 0.250 e. The standard InChI is InChI=1S/C19H20N4O5S2/c1-21-10-12(2-3-15(21)24)23-17-13-4-9-29-19(13)30(26,27)11-14(17)16(20-23)18(25)22-5-7-28-8-6-22/h2-4,9-10,18,25H,5-8,11H2,1H3. The molecule has 0 bridgehead atoms. The Bertz CT molecular complexity index is 1280. The number of nitrogens with zero attached hydrogens (tertiary/aromatic N) is 4. The predicted molar refractivity (Wildman–Crippen MR) is 110 cm³/mol. The first kappa shape index (κ1) is 19.6. The van der Waals surface area contributed by atoms with Crippen LogP contribution in [0.5, 0.6) is 0 Å². The quantitative estimate of drug-likeness (QED) is 0.635. The fraction of sp³-hybridized carbons (Fsp3) is 0.368. The Kier molecular flexibility index (Phi) is 4.67. The molecule has 5 rings (SSSR count). The Labute approximate surface area is 176 Å². The molecule has 2 aliphatic heterocycles. The molecule has 30 heavy (non-hydrogen) atoms. The Morgan fingerprint density at radius 2 is 2.00 bits per heavy atom. The van der Waals surface area contributed by atoms with Crippen molar-refractivity contribution in [2.24, 2.45) is 7.05 Å². The number of aryl methyl sites for hydroxylation is 1. The van der Waals surface area contributed by atoms with E-state index < -0.39 is 16.1 Å². The number of aromatic nitrogens is 3. The molecule has 9 nitrogen and oxygen atoms in total. The van der Waals surface area contributed by atoms with Gasteiger partial charge >= 0.3 is 0 Å². The van der Waals surface area contributed by atoms with Gasteiger partial charge in [0, 0.05) is 43.5 Å². The highest BCUT2D eigenvalue weighted by atomic mass is 32.2. The van der Waals surface area contributed by atoms with E-state index in [0.29, 0.717) is 58.7 Å². The topological polar surface area (TPSA) is 107 Å². The highest BCUT2D eigenvalue weighted by molar-refractivity contribution is 7.93. The monoisotopic (exact) mass is 448 g/mol. The van der Waals surface area contributed by atoms with Gasteiger partial charge in [-0.25, -0.2) is 13.1 Å². The summed E-state index contributed by atoms with van der Waals surface area (Å²) in [7, 11) is -1.88. The van der Waals surface area contributed by atoms with Crippen molar-refractivity contribution in [2.45, 2.75) is 16.2 Å². The van der Waals surface area contributed by atoms with Gasteiger partial charge in [-0.2, -0.15) is 5.10 Å². The van der Waals surface area contributed by atoms with Crippen LogP contribution in [0.4, 0.5) is 0 Å². The number of fused-ring (bicyclic) bond motifs is 3. The van der Waals surface area contributed by atoms with Crippen LogP contribution in [-0.4, -0.2) is 59.1 Å². The van der Waals surface area contributed by atoms with Crippen molar-refractivity contribution in [3.05, 3.63) is 51.4 Å². The maximum absolute atomic E-state index is 12.9. The molecule has 1 fully saturated rings. The number of aliphatic hydroxyl groups excluding tert-OH is 1. The second kappa shape index (κ2) is 7.13. The van der Waals surface area contributed by atoms with Crippen LogP contribution in [-0.2, 0) is 27.4 Å². The van der Waals surface area contributed by atoms with Crippen LogP contribution in [0.25, 0.3) is 16.9 Å². The first-order chi connectivity index (χ1) is 14.4. The number of morpholine rings is 1. The molecule has 1 unspecified atom stereocenters. The van der Waals surface area contributed by atoms with Crippen molar-refractivity contribution in [3.8, 4) is 16.9 Å². The van der Waals surface area contributed by atoms with E-state index in [1.807, 2.05) is 4.90 Å². The summed E-state index contributed by atoms with van der Waals surface area (Å²) >= 11 is 1.18. The van der Waals surface area contributed by atoms with E-state index >= 15 is 0 Å². The van der Waals surface area contributed by atoms with Crippen LogP contribution >= 0.6 is 11.3 Å². The number of sulfone groups is 1. The highest BCUT2D eigenvalue weighted by Gasteiger charge is 2.38. The number of rotatable bonds is 3. The highest BCUT2D eigenvalue weighted by Crippen LogP contribution is 2.44. The summed E-state index contributed by atoms with van der Waals surface area (Å²) in [5, 5.41) is 17.5. The van der Waals surface area contributed by atoms with Gasteiger partial charge in [0.15, 0.2) is 16.1 Å². The van der Waals surface area contributed by atoms with Gasteiger partial charge in [-0.15, -0.1) is 11.3 Å². The average molecular weight is 449 g/mol. The number of thiophene rings is 1. The van der Waals surface area contributed by atoms with E-state index in [0.717, 1.165) is 0 Å². The van der Waals surface area contributed by atoms with Gasteiger partial charge in [0.1, 0.15) is 9.90 Å². The maximum atomic E-state index is 12.9. The summed E-state index contributed by atoms with van der Waals surface area (Å²) in [6.07, 6.45) is 0.599. The smallest absolute Gasteiger partial charge is 0.250 e. The molecule has 1 atom stereocenters. The Morgan fingerprint density at radius 1 is 1.23 bits per heavy atom. The summed E-state index contributed by atoms with van der Waals surface area (Å²) in [5.41, 5.74) is 2.48. The summed E-state index contributed by atoms with van der Waals surface area (Å²) in [5.74, 6) is -0.224. The normalized spacial score (nSPS) is 19.3. The fourth-order valence-electron chi connectivity index (χ4n) is 3.95. The molecule has 3 aromatic heterocycles. The van der Waals surface area contributed by atoms with E-state index in [4.69, 9.17) is 4.74 Å². The number of hydrogen-bond acceptors (Lipinski definition) is 8. The zero-order valence-electron chi connectivity index (χ0n) is 16.2. The lowest BCUT2D eigenvalue weighted by Crippen LogP contribution is -2.39. The molecule has 0 spiro atoms. The van der Waals surface area contributed by atoms with E-state index in [1.54, 1.807) is 35.4 Å². The van der Waals surface area contributed by atoms with Crippen molar-refractivity contribution in [3.63, 3.8) is 0 Å². The lowest BCUT2D eigenvalue weighted by Gasteiger charge is -2.30. The van der Waals surface area contributed by atoms with E-state index in [9.17, 15) is 18.3 Å². The lowest BCUT2D eigenvalue weighted by molar-refractivity contribution is -0.0626. The minimum Gasteiger partial charge on any atom is -0.379 e. The van der Waals surface area contributed by atoms with E-state index in [2.05, 4.69) is 5.10 Å². The Morgan fingerprint density at radius 3 is 2.73 bits per heavy atom. The van der Waals surface area contributed by atoms with E-state index in [-0.39, 0.29) is 11.3 Å². The van der Waals surface area contributed by atoms with Crippen LogP contribution in [0.2, 0.25) is 0 Å². The molecular weight excluding hydrogens is 428 g/mol. The van der Waals surface area contributed by atoms with Crippen LogP contribution < -0.4 is 5.56 Å². The molecule has 158 valence electrons. The summed E-state index contributed by atoms with van der Waals surface area (Å²) in [4.78, 5) is 13.7. The molecule has 11 heteroatoms. The molecule has 5 heterocycles. The molecule has 0 radical (unpaired) electrons. The third kappa shape index (κ3) is 3.05. The zero-order valence-corrected chi connectivity index (χ0v) is 17.8. The molecular formula is C19H20N4O5S2. The van der Waals surface area contributed by atoms with Crippen molar-refractivity contribution < 1.29 is 18.3 Å². The number of aliphatic hydroxyl groups is 1. The largest absolute Gasteiger partial charge is 0.379 e. The molecule has 0 amide bonds. The van der Waals surface area contributed by atoms with Crippen LogP contribution in [0.3, 0.4) is 0 Å². The predicted octanol–water partition coefficient (Wildman–Crippen LogP) is 0.910. The molecule has 2 aliphatic rings. The van der Waals surface area contributed by atoms with Crippen molar-refractivity contribution >= 4 is 21.2 Å². The van der Waals surface area contributed by atoms with Crippen molar-refractivity contribution in [2.75, 3.05) is 26.3 Å². The summed E-state index contributed by atoms with van der Waals surface area (Å²) in [6.45, 7) is 2.04. The first-order valence-corrected chi connectivity index (χ1v) is 12.0. The van der Waals surface area contributed by atoms with Crippen molar-refractivity contribution in [1.29, 1.82) is 0 Å². The number of ether oxygens (including phenoxy) is 1. The minimum atomic E-state index is -3.53. The molecule has 3 aromatic rings. The van der Waals surface area contributed by atoms with Crippen LogP contribution in [0.15, 0.2) is 38.8 Å². The van der Waals surface area contributed by atoms with Gasteiger partial charge in [0.05, 0.1) is 30.3 Å². The average Bonchev–Trinajstić information content (AvgIpc) is 3.35. The number of pyridine rings is 1. The lowest BCUT2D eigenvalue weighted by atomic mass is 10.1. The molecule has 1 N–H and O–H groups in total. The fourth-order valence-corrected chi connectivity index (χ4v) is 6.79. The molecule has 0 aromatic carbocycles. The van der Waals surface area contributed by atoms with Gasteiger partial charge in [-0.3, -0.25) is 9.69 Å². The SMILES string of the molecule is Cn1cc(-n2nc(C(O)N3CCOCC3)c3c2-c2ccsc2S(=O)(=O)C3)ccc1=O. The van der Waals surface area contributed by atoms with Gasteiger partial charge < -0.3 is 14.4 Å². The third-order valence-corrected chi connectivity index (χ3v) is 8.68. The van der Waals surface area contributed by atoms with Crippen molar-refractivity contribution in [1.82, 2.24) is 19.2 Å². The summed E-state index contributed by atoms with van der Waals surface area (Å²) < 4.78 is 34.5. The second-order valence-corrected chi connectivity index (χ2v) is 10.5. The Hall–Kier alpha value is -2.31. The summed E-state index contributed by atoms with van der Waals surface area (Å²) in [6, 6.07) is 4.85. The third-order valence-electron chi connectivity index (χ3n) is 5.47. The van der Waals surface area contributed by atoms with E-state index in [1.165, 1.54) is 22.0 Å². The number of hydrogen-bond donors (Lipinski definition) is 1. The minimum absolute atomic E-state index is 0.160. The zero-order chi connectivity index (χ0) is 21.0. The van der Waals surface area contributed by atoms with Gasteiger partial charge in [0.25, 0.3) is 0 Å². The van der Waals surface area contributed by atoms with Crippen LogP contribution in [0.1, 0.15) is 17.5 Å². The van der Waals surface area contributed by atoms with Gasteiger partial charge in [-0.1, -0.05) is 0 Å². The van der Waals surface area contributed by atoms with Crippen LogP contribution in [0, 0.1) is 0 Å². The second-order valence-electron chi connectivity index (χ2n) is 7.36. The van der Waals surface area contributed by atoms with Gasteiger partial charge in [-0.05, 0) is 17.5 Å². The first-order valence-electron chi connectivity index (χ1n) is 9.46. The Balaban J connectivity index is 1.74. The molecule has 0 saturated carbocycles. The molecule has 0 aliphatic carbocycles. The van der Waals surface area contributed by atoms with Gasteiger partial charge in [0.2, 0.25) is 5.56 Å².